The molecule has 0 aromatic carbocycles. The Labute approximate surface area is 113 Å². The van der Waals surface area contributed by atoms with Gasteiger partial charge >= 0.3 is 0 Å². The molecule has 1 aliphatic rings. The highest BCUT2D eigenvalue weighted by Crippen LogP contribution is 2.17. The molecule has 1 amide bonds. The number of amides is 1. The molecule has 0 spiro atoms. The molecule has 2 rings (SSSR count). The van der Waals surface area contributed by atoms with Gasteiger partial charge in [0.05, 0.1) is 0 Å². The van der Waals surface area contributed by atoms with Gasteiger partial charge in [-0.05, 0) is 50.5 Å². The summed E-state index contributed by atoms with van der Waals surface area (Å²) in [6.45, 7) is 6.60. The summed E-state index contributed by atoms with van der Waals surface area (Å²) in [6.07, 6.45) is 2.43. The fourth-order valence-electron chi connectivity index (χ4n) is 2.31. The van der Waals surface area contributed by atoms with Crippen LogP contribution in [0.25, 0.3) is 0 Å². The lowest BCUT2D eigenvalue weighted by atomic mass is 9.97. The first-order valence-corrected chi connectivity index (χ1v) is 6.78. The van der Waals surface area contributed by atoms with Crippen LogP contribution in [0.5, 0.6) is 0 Å². The molecule has 0 saturated carbocycles. The SMILES string of the molecule is CCN1CCC(CNc2ccc(C(N)=O)nn2)CC1. The molecule has 0 bridgehead atoms. The quantitative estimate of drug-likeness (QED) is 0.817. The third kappa shape index (κ3) is 3.89. The molecule has 1 aromatic heterocycles. The number of hydrogen-bond acceptors (Lipinski definition) is 5. The van der Waals surface area contributed by atoms with E-state index < -0.39 is 5.91 Å². The van der Waals surface area contributed by atoms with Gasteiger partial charge in [0, 0.05) is 6.54 Å². The number of carbonyl (C=O) groups excluding carboxylic acids is 1. The van der Waals surface area contributed by atoms with E-state index in [1.807, 2.05) is 0 Å². The zero-order valence-corrected chi connectivity index (χ0v) is 11.3. The zero-order valence-electron chi connectivity index (χ0n) is 11.3. The minimum Gasteiger partial charge on any atom is -0.368 e. The highest BCUT2D eigenvalue weighted by Gasteiger charge is 2.17. The van der Waals surface area contributed by atoms with E-state index in [4.69, 9.17) is 5.73 Å². The number of anilines is 1. The minimum atomic E-state index is -0.550. The van der Waals surface area contributed by atoms with E-state index in [-0.39, 0.29) is 5.69 Å². The topological polar surface area (TPSA) is 84.1 Å². The van der Waals surface area contributed by atoms with E-state index in [1.165, 1.54) is 25.9 Å². The van der Waals surface area contributed by atoms with E-state index in [0.29, 0.717) is 11.7 Å². The summed E-state index contributed by atoms with van der Waals surface area (Å²) in [5, 5.41) is 11.0. The number of aromatic nitrogens is 2. The van der Waals surface area contributed by atoms with Crippen LogP contribution in [0.4, 0.5) is 5.82 Å². The Kier molecular flexibility index (Phi) is 4.68. The molecular weight excluding hydrogens is 242 g/mol. The van der Waals surface area contributed by atoms with Gasteiger partial charge in [-0.2, -0.15) is 0 Å². The average molecular weight is 263 g/mol. The monoisotopic (exact) mass is 263 g/mol. The molecule has 2 heterocycles. The second-order valence-corrected chi connectivity index (χ2v) is 4.93. The molecule has 6 heteroatoms. The Bertz CT molecular complexity index is 412. The largest absolute Gasteiger partial charge is 0.368 e. The number of rotatable bonds is 5. The van der Waals surface area contributed by atoms with Crippen molar-refractivity contribution in [3.05, 3.63) is 17.8 Å². The number of nitrogens with one attached hydrogen (secondary N) is 1. The van der Waals surface area contributed by atoms with E-state index in [9.17, 15) is 4.79 Å². The second-order valence-electron chi connectivity index (χ2n) is 4.93. The first-order chi connectivity index (χ1) is 9.19. The Balaban J connectivity index is 1.78. The van der Waals surface area contributed by atoms with Gasteiger partial charge in [0.15, 0.2) is 5.69 Å². The van der Waals surface area contributed by atoms with Gasteiger partial charge in [-0.15, -0.1) is 10.2 Å². The van der Waals surface area contributed by atoms with Crippen LogP contribution in [0.1, 0.15) is 30.3 Å². The van der Waals surface area contributed by atoms with Crippen LogP contribution in [-0.2, 0) is 0 Å². The smallest absolute Gasteiger partial charge is 0.269 e. The third-order valence-electron chi connectivity index (χ3n) is 3.64. The zero-order chi connectivity index (χ0) is 13.7. The molecule has 0 unspecified atom stereocenters. The molecule has 1 aliphatic heterocycles. The normalized spacial score (nSPS) is 17.3. The lowest BCUT2D eigenvalue weighted by Gasteiger charge is -2.31. The van der Waals surface area contributed by atoms with Crippen LogP contribution < -0.4 is 11.1 Å². The first-order valence-electron chi connectivity index (χ1n) is 6.78. The number of likely N-dealkylation sites (tertiary alicyclic amines) is 1. The maximum absolute atomic E-state index is 10.9. The van der Waals surface area contributed by atoms with Crippen LogP contribution in [0, 0.1) is 5.92 Å². The van der Waals surface area contributed by atoms with Crippen LogP contribution in [0.2, 0.25) is 0 Å². The van der Waals surface area contributed by atoms with E-state index >= 15 is 0 Å². The highest BCUT2D eigenvalue weighted by molar-refractivity contribution is 5.90. The van der Waals surface area contributed by atoms with Crippen LogP contribution in [0.15, 0.2) is 12.1 Å². The summed E-state index contributed by atoms with van der Waals surface area (Å²) < 4.78 is 0. The summed E-state index contributed by atoms with van der Waals surface area (Å²) in [6, 6.07) is 3.34. The predicted molar refractivity (Wildman–Crippen MR) is 73.9 cm³/mol. The van der Waals surface area contributed by atoms with Crippen molar-refractivity contribution in [1.29, 1.82) is 0 Å². The molecule has 19 heavy (non-hydrogen) atoms. The fourth-order valence-corrected chi connectivity index (χ4v) is 2.31. The standard InChI is InChI=1S/C13H21N5O/c1-2-18-7-5-10(6-8-18)9-15-12-4-3-11(13(14)19)16-17-12/h3-4,10H,2,5-9H2,1H3,(H2,14,19)(H,15,17). The second kappa shape index (κ2) is 6.47. The van der Waals surface area contributed by atoms with Gasteiger partial charge < -0.3 is 16.0 Å². The molecule has 1 fully saturated rings. The number of primary amides is 1. The summed E-state index contributed by atoms with van der Waals surface area (Å²) >= 11 is 0. The Morgan fingerprint density at radius 3 is 2.68 bits per heavy atom. The number of hydrogen-bond donors (Lipinski definition) is 2. The van der Waals surface area contributed by atoms with Crippen molar-refractivity contribution in [2.75, 3.05) is 31.5 Å². The van der Waals surface area contributed by atoms with Crippen LogP contribution >= 0.6 is 0 Å². The van der Waals surface area contributed by atoms with Gasteiger partial charge in [-0.3, -0.25) is 4.79 Å². The minimum absolute atomic E-state index is 0.196. The summed E-state index contributed by atoms with van der Waals surface area (Å²) in [5.41, 5.74) is 5.31. The van der Waals surface area contributed by atoms with Gasteiger partial charge in [-0.1, -0.05) is 6.92 Å². The third-order valence-corrected chi connectivity index (χ3v) is 3.64. The summed E-state index contributed by atoms with van der Waals surface area (Å²) in [5.74, 6) is 0.828. The lowest BCUT2D eigenvalue weighted by Crippen LogP contribution is -2.35. The van der Waals surface area contributed by atoms with Crippen molar-refractivity contribution in [1.82, 2.24) is 15.1 Å². The molecule has 3 N–H and O–H groups in total. The van der Waals surface area contributed by atoms with Crippen molar-refractivity contribution >= 4 is 11.7 Å². The Morgan fingerprint density at radius 2 is 2.16 bits per heavy atom. The highest BCUT2D eigenvalue weighted by atomic mass is 16.1. The number of carbonyl (C=O) groups is 1. The van der Waals surface area contributed by atoms with Crippen LogP contribution in [0.3, 0.4) is 0 Å². The van der Waals surface area contributed by atoms with Gasteiger partial charge in [0.1, 0.15) is 5.82 Å². The number of nitrogens with zero attached hydrogens (tertiary/aromatic N) is 3. The fraction of sp³-hybridized carbons (Fsp3) is 0.615. The van der Waals surface area contributed by atoms with Crippen molar-refractivity contribution in [3.8, 4) is 0 Å². The van der Waals surface area contributed by atoms with Crippen molar-refractivity contribution in [2.45, 2.75) is 19.8 Å². The van der Waals surface area contributed by atoms with Gasteiger partial charge in [-0.25, -0.2) is 0 Å². The molecule has 0 aliphatic carbocycles. The molecule has 1 aromatic rings. The first kappa shape index (κ1) is 13.7. The van der Waals surface area contributed by atoms with Crippen molar-refractivity contribution in [3.63, 3.8) is 0 Å². The van der Waals surface area contributed by atoms with E-state index in [1.54, 1.807) is 12.1 Å². The molecular formula is C13H21N5O. The molecule has 104 valence electrons. The van der Waals surface area contributed by atoms with Gasteiger partial charge in [0.25, 0.3) is 5.91 Å². The Morgan fingerprint density at radius 1 is 1.42 bits per heavy atom. The number of nitrogens with two attached hydrogens (primary N) is 1. The van der Waals surface area contributed by atoms with Gasteiger partial charge in [0.2, 0.25) is 0 Å². The summed E-state index contributed by atoms with van der Waals surface area (Å²) in [4.78, 5) is 13.3. The van der Waals surface area contributed by atoms with E-state index in [2.05, 4.69) is 27.3 Å². The lowest BCUT2D eigenvalue weighted by molar-refractivity contribution is 0.0994. The Hall–Kier alpha value is -1.69. The predicted octanol–water partition coefficient (Wildman–Crippen LogP) is 0.719. The molecule has 6 nitrogen and oxygen atoms in total. The van der Waals surface area contributed by atoms with E-state index in [0.717, 1.165) is 13.1 Å². The molecule has 0 atom stereocenters. The van der Waals surface area contributed by atoms with Crippen LogP contribution in [-0.4, -0.2) is 47.2 Å². The van der Waals surface area contributed by atoms with Crippen molar-refractivity contribution < 1.29 is 4.79 Å². The molecule has 0 radical (unpaired) electrons. The number of piperidine rings is 1. The molecule has 1 saturated heterocycles. The maximum atomic E-state index is 10.9. The summed E-state index contributed by atoms with van der Waals surface area (Å²) in [7, 11) is 0. The van der Waals surface area contributed by atoms with Crippen molar-refractivity contribution in [2.24, 2.45) is 11.7 Å². The maximum Gasteiger partial charge on any atom is 0.269 e. The average Bonchev–Trinajstić information content (AvgIpc) is 2.46.